The number of fused-ring (bicyclic) bond motifs is 2. The Labute approximate surface area is 142 Å². The molecule has 0 fully saturated rings. The molecule has 5 heteroatoms. The van der Waals surface area contributed by atoms with Crippen molar-refractivity contribution in [1.82, 2.24) is 10.6 Å². The predicted molar refractivity (Wildman–Crippen MR) is 93.0 cm³/mol. The maximum Gasteiger partial charge on any atom is 0.200 e. The molecule has 2 aromatic carbocycles. The Morgan fingerprint density at radius 3 is 2.12 bits per heavy atom. The smallest absolute Gasteiger partial charge is 0.200 e. The quantitative estimate of drug-likeness (QED) is 0.691. The number of para-hydroxylation sites is 2. The third-order valence-corrected chi connectivity index (χ3v) is 3.94. The van der Waals surface area contributed by atoms with E-state index in [9.17, 15) is 5.11 Å². The van der Waals surface area contributed by atoms with Crippen molar-refractivity contribution < 1.29 is 14.6 Å². The van der Waals surface area contributed by atoms with Crippen LogP contribution in [0.15, 0.2) is 48.5 Å². The molecule has 2 aromatic rings. The number of aliphatic hydroxyl groups is 1. The molecule has 1 unspecified atom stereocenters. The minimum Gasteiger partial charge on any atom is -0.493 e. The van der Waals surface area contributed by atoms with Crippen LogP contribution in [0.2, 0.25) is 0 Å². The Morgan fingerprint density at radius 2 is 1.42 bits per heavy atom. The third-order valence-electron chi connectivity index (χ3n) is 3.94. The molecule has 24 heavy (non-hydrogen) atoms. The van der Waals surface area contributed by atoms with Crippen LogP contribution >= 0.6 is 0 Å². The van der Waals surface area contributed by atoms with Crippen molar-refractivity contribution in [1.29, 1.82) is 0 Å². The summed E-state index contributed by atoms with van der Waals surface area (Å²) in [6, 6.07) is 15.7. The number of benzene rings is 2. The Morgan fingerprint density at radius 1 is 0.833 bits per heavy atom. The van der Waals surface area contributed by atoms with Crippen molar-refractivity contribution in [3.63, 3.8) is 0 Å². The second-order valence-corrected chi connectivity index (χ2v) is 5.78. The fourth-order valence-corrected chi connectivity index (χ4v) is 2.65. The Kier molecular flexibility index (Phi) is 6.07. The zero-order valence-electron chi connectivity index (χ0n) is 13.7. The van der Waals surface area contributed by atoms with Gasteiger partial charge in [0.1, 0.15) is 11.5 Å². The number of rotatable bonds is 0. The van der Waals surface area contributed by atoms with Gasteiger partial charge in [-0.05, 0) is 12.1 Å². The summed E-state index contributed by atoms with van der Waals surface area (Å²) >= 11 is 0. The highest BCUT2D eigenvalue weighted by Gasteiger charge is 2.11. The molecule has 0 amide bonds. The van der Waals surface area contributed by atoms with Crippen LogP contribution < -0.4 is 20.1 Å². The summed E-state index contributed by atoms with van der Waals surface area (Å²) in [4.78, 5) is 0. The van der Waals surface area contributed by atoms with Gasteiger partial charge in [-0.2, -0.15) is 0 Å². The van der Waals surface area contributed by atoms with Crippen LogP contribution in [-0.2, 0) is 13.1 Å². The van der Waals surface area contributed by atoms with Gasteiger partial charge in [0.25, 0.3) is 0 Å². The average molecular weight is 328 g/mol. The summed E-state index contributed by atoms with van der Waals surface area (Å²) in [6.07, 6.45) is -0.481. The molecule has 5 nitrogen and oxygen atoms in total. The van der Waals surface area contributed by atoms with Crippen molar-refractivity contribution in [2.24, 2.45) is 0 Å². The van der Waals surface area contributed by atoms with Crippen molar-refractivity contribution >= 4 is 0 Å². The summed E-state index contributed by atoms with van der Waals surface area (Å²) < 4.78 is 11.5. The van der Waals surface area contributed by atoms with Gasteiger partial charge in [-0.25, -0.2) is 0 Å². The Balaban J connectivity index is 1.70. The lowest BCUT2D eigenvalue weighted by atomic mass is 10.2. The standard InChI is InChI=1S/C19H24N2O3/c22-19-9-12-23-17-7-3-1-5-15(17)13-20-10-11-21-14-16-6-2-4-8-18(16)24-19/h1-8,19-22H,9-14H2. The predicted octanol–water partition coefficient (Wildman–Crippen LogP) is 2.05. The highest BCUT2D eigenvalue weighted by Crippen LogP contribution is 2.21. The maximum absolute atomic E-state index is 10.1. The maximum atomic E-state index is 10.1. The number of hydrogen-bond donors (Lipinski definition) is 3. The lowest BCUT2D eigenvalue weighted by Crippen LogP contribution is -2.27. The molecule has 128 valence electrons. The van der Waals surface area contributed by atoms with Crippen molar-refractivity contribution in [2.45, 2.75) is 25.8 Å². The van der Waals surface area contributed by atoms with E-state index in [1.54, 1.807) is 0 Å². The summed E-state index contributed by atoms with van der Waals surface area (Å²) in [7, 11) is 0. The first kappa shape index (κ1) is 16.8. The van der Waals surface area contributed by atoms with E-state index >= 15 is 0 Å². The van der Waals surface area contributed by atoms with E-state index in [1.165, 1.54) is 0 Å². The van der Waals surface area contributed by atoms with E-state index in [4.69, 9.17) is 9.47 Å². The van der Waals surface area contributed by atoms with Gasteiger partial charge in [-0.3, -0.25) is 0 Å². The molecule has 0 saturated carbocycles. The SMILES string of the molecule is OC1CCOc2ccccc2CNCCNCc2ccccc2O1. The van der Waals surface area contributed by atoms with Gasteiger partial charge >= 0.3 is 0 Å². The fraction of sp³-hybridized carbons (Fsp3) is 0.368. The first-order valence-corrected chi connectivity index (χ1v) is 8.38. The van der Waals surface area contributed by atoms with Crippen LogP contribution in [0.3, 0.4) is 0 Å². The zero-order chi connectivity index (χ0) is 16.6. The van der Waals surface area contributed by atoms with Crippen LogP contribution in [0.5, 0.6) is 11.5 Å². The average Bonchev–Trinajstić information content (AvgIpc) is 2.60. The molecule has 0 aromatic heterocycles. The van der Waals surface area contributed by atoms with Gasteiger partial charge in [-0.15, -0.1) is 0 Å². The van der Waals surface area contributed by atoms with Gasteiger partial charge in [0.2, 0.25) is 6.29 Å². The number of hydrogen-bond acceptors (Lipinski definition) is 5. The van der Waals surface area contributed by atoms with E-state index in [0.717, 1.165) is 36.5 Å². The lowest BCUT2D eigenvalue weighted by molar-refractivity contribution is -0.0313. The van der Waals surface area contributed by atoms with E-state index in [0.29, 0.717) is 25.3 Å². The molecular formula is C19H24N2O3. The van der Waals surface area contributed by atoms with Crippen molar-refractivity contribution in [3.8, 4) is 11.5 Å². The number of aliphatic hydroxyl groups excluding tert-OH is 1. The summed E-state index contributed by atoms with van der Waals surface area (Å²) in [5, 5.41) is 16.9. The zero-order valence-corrected chi connectivity index (χ0v) is 13.7. The molecule has 0 spiro atoms. The molecule has 0 bridgehead atoms. The minimum atomic E-state index is -0.887. The first-order valence-electron chi connectivity index (χ1n) is 8.38. The topological polar surface area (TPSA) is 62.8 Å². The third kappa shape index (κ3) is 4.71. The van der Waals surface area contributed by atoms with Crippen molar-refractivity contribution in [2.75, 3.05) is 19.7 Å². The van der Waals surface area contributed by atoms with Crippen LogP contribution in [-0.4, -0.2) is 31.1 Å². The molecule has 3 N–H and O–H groups in total. The molecule has 3 rings (SSSR count). The summed E-state index contributed by atoms with van der Waals surface area (Å²) in [5.41, 5.74) is 2.15. The van der Waals surface area contributed by atoms with E-state index in [-0.39, 0.29) is 0 Å². The van der Waals surface area contributed by atoms with Gasteiger partial charge in [0, 0.05) is 43.7 Å². The van der Waals surface area contributed by atoms with E-state index in [2.05, 4.69) is 16.7 Å². The summed E-state index contributed by atoms with van der Waals surface area (Å²) in [5.74, 6) is 1.56. The summed E-state index contributed by atoms with van der Waals surface area (Å²) in [6.45, 7) is 3.57. The molecule has 0 radical (unpaired) electrons. The second kappa shape index (κ2) is 8.68. The molecule has 1 aliphatic heterocycles. The largest absolute Gasteiger partial charge is 0.493 e. The number of nitrogens with one attached hydrogen (secondary N) is 2. The van der Waals surface area contributed by atoms with E-state index in [1.807, 2.05) is 42.5 Å². The molecule has 0 aliphatic carbocycles. The lowest BCUT2D eigenvalue weighted by Gasteiger charge is -2.17. The highest BCUT2D eigenvalue weighted by molar-refractivity contribution is 5.34. The van der Waals surface area contributed by atoms with Gasteiger partial charge in [0.15, 0.2) is 0 Å². The molecular weight excluding hydrogens is 304 g/mol. The van der Waals surface area contributed by atoms with Gasteiger partial charge in [0.05, 0.1) is 6.61 Å². The van der Waals surface area contributed by atoms with Crippen LogP contribution in [0, 0.1) is 0 Å². The first-order chi connectivity index (χ1) is 11.8. The van der Waals surface area contributed by atoms with Gasteiger partial charge in [-0.1, -0.05) is 36.4 Å². The number of ether oxygens (including phenoxy) is 2. The molecule has 0 saturated heterocycles. The normalized spacial score (nSPS) is 19.6. The molecule has 1 heterocycles. The van der Waals surface area contributed by atoms with Crippen LogP contribution in [0.25, 0.3) is 0 Å². The van der Waals surface area contributed by atoms with Crippen LogP contribution in [0.1, 0.15) is 17.5 Å². The molecule has 1 atom stereocenters. The highest BCUT2D eigenvalue weighted by atomic mass is 16.6. The van der Waals surface area contributed by atoms with Gasteiger partial charge < -0.3 is 25.2 Å². The van der Waals surface area contributed by atoms with Crippen molar-refractivity contribution in [3.05, 3.63) is 59.7 Å². The van der Waals surface area contributed by atoms with E-state index < -0.39 is 6.29 Å². The second-order valence-electron chi connectivity index (χ2n) is 5.78. The minimum absolute atomic E-state index is 0.401. The monoisotopic (exact) mass is 328 g/mol. The Hall–Kier alpha value is -2.08. The Bertz CT molecular complexity index is 648. The molecule has 1 aliphatic rings. The van der Waals surface area contributed by atoms with Crippen LogP contribution in [0.4, 0.5) is 0 Å². The fourth-order valence-electron chi connectivity index (χ4n) is 2.65.